The Kier molecular flexibility index (Phi) is 2.62. The fourth-order valence-corrected chi connectivity index (χ4v) is 1.74. The Hall–Kier alpha value is -0.860. The van der Waals surface area contributed by atoms with E-state index in [2.05, 4.69) is 28.6 Å². The molecule has 0 aliphatic heterocycles. The third-order valence-electron chi connectivity index (χ3n) is 1.75. The standard InChI is InChI=1S/C6H4.C4H4ClNS/c1-2-5-4-6(5)3-1;5-1-4-2-6-7-3-4/h1-4H;2-3H,1H2. The highest BCUT2D eigenvalue weighted by molar-refractivity contribution is 7.03. The number of rotatable bonds is 1. The lowest BCUT2D eigenvalue weighted by atomic mass is 10.4. The molecule has 0 saturated carbocycles. The molecule has 2 aliphatic rings. The Morgan fingerprint density at radius 3 is 2.31 bits per heavy atom. The molecule has 0 saturated heterocycles. The van der Waals surface area contributed by atoms with E-state index < -0.39 is 0 Å². The second-order valence-electron chi connectivity index (χ2n) is 2.75. The first-order valence-electron chi connectivity index (χ1n) is 3.95. The number of nitrogens with zero attached hydrogens (tertiary/aromatic N) is 1. The first-order valence-corrected chi connectivity index (χ1v) is 5.32. The molecule has 0 fully saturated rings. The Balaban J connectivity index is 0.000000101. The van der Waals surface area contributed by atoms with E-state index in [4.69, 9.17) is 11.6 Å². The molecule has 13 heavy (non-hydrogen) atoms. The van der Waals surface area contributed by atoms with Gasteiger partial charge in [-0.3, -0.25) is 0 Å². The number of hydrogen-bond donors (Lipinski definition) is 0. The van der Waals surface area contributed by atoms with E-state index in [0.717, 1.165) is 5.56 Å². The quantitative estimate of drug-likeness (QED) is 0.559. The van der Waals surface area contributed by atoms with Crippen LogP contribution in [0.15, 0.2) is 35.8 Å². The minimum Gasteiger partial charge on any atom is -0.201 e. The zero-order valence-electron chi connectivity index (χ0n) is 6.90. The van der Waals surface area contributed by atoms with Crippen LogP contribution in [0.1, 0.15) is 5.56 Å². The molecule has 3 rings (SSSR count). The third kappa shape index (κ3) is 2.29. The van der Waals surface area contributed by atoms with Crippen LogP contribution in [-0.4, -0.2) is 4.37 Å². The van der Waals surface area contributed by atoms with Crippen molar-refractivity contribution in [1.82, 2.24) is 4.37 Å². The highest BCUT2D eigenvalue weighted by Gasteiger charge is 2.06. The Morgan fingerprint density at radius 1 is 1.31 bits per heavy atom. The molecule has 0 aromatic carbocycles. The van der Waals surface area contributed by atoms with Crippen LogP contribution in [0.5, 0.6) is 0 Å². The Bertz CT molecular complexity index is 366. The van der Waals surface area contributed by atoms with Gasteiger partial charge in [0.05, 0.1) is 0 Å². The summed E-state index contributed by atoms with van der Waals surface area (Å²) < 4.78 is 3.85. The molecule has 0 atom stereocenters. The van der Waals surface area contributed by atoms with Crippen molar-refractivity contribution in [2.45, 2.75) is 5.88 Å². The molecule has 0 unspecified atom stereocenters. The molecular formula is C10H8ClNS. The Labute approximate surface area is 86.2 Å². The van der Waals surface area contributed by atoms with Crippen molar-refractivity contribution in [3.8, 4) is 11.1 Å². The minimum atomic E-state index is 0.580. The van der Waals surface area contributed by atoms with Crippen molar-refractivity contribution in [3.05, 3.63) is 41.4 Å². The van der Waals surface area contributed by atoms with Gasteiger partial charge in [-0.05, 0) is 34.3 Å². The van der Waals surface area contributed by atoms with Crippen LogP contribution in [0.25, 0.3) is 11.1 Å². The van der Waals surface area contributed by atoms with E-state index >= 15 is 0 Å². The maximum Gasteiger partial charge on any atom is 0.0498 e. The summed E-state index contributed by atoms with van der Waals surface area (Å²) in [5, 5.41) is 1.94. The summed E-state index contributed by atoms with van der Waals surface area (Å²) in [5.41, 5.74) is 3.96. The zero-order chi connectivity index (χ0) is 9.10. The normalized spacial score (nSPS) is 10.2. The number of hydrogen-bond acceptors (Lipinski definition) is 2. The molecule has 0 N–H and O–H groups in total. The summed E-state index contributed by atoms with van der Waals surface area (Å²) >= 11 is 6.86. The number of benzene rings is 1. The van der Waals surface area contributed by atoms with Gasteiger partial charge >= 0.3 is 0 Å². The van der Waals surface area contributed by atoms with Crippen LogP contribution >= 0.6 is 23.1 Å². The van der Waals surface area contributed by atoms with Crippen LogP contribution in [0.3, 0.4) is 0 Å². The average molecular weight is 210 g/mol. The lowest BCUT2D eigenvalue weighted by Gasteiger charge is -1.74. The van der Waals surface area contributed by atoms with Gasteiger partial charge in [0.25, 0.3) is 0 Å². The summed E-state index contributed by atoms with van der Waals surface area (Å²) in [6, 6.07) is 8.48. The molecule has 0 bridgehead atoms. The topological polar surface area (TPSA) is 12.9 Å². The second-order valence-corrected chi connectivity index (χ2v) is 3.67. The van der Waals surface area contributed by atoms with Gasteiger partial charge < -0.3 is 0 Å². The third-order valence-corrected chi connectivity index (χ3v) is 2.69. The highest BCUT2D eigenvalue weighted by Crippen LogP contribution is 2.32. The van der Waals surface area contributed by atoms with Gasteiger partial charge in [0, 0.05) is 17.5 Å². The lowest BCUT2D eigenvalue weighted by molar-refractivity contribution is 1.40. The van der Waals surface area contributed by atoms with Crippen LogP contribution in [0, 0.1) is 0 Å². The van der Waals surface area contributed by atoms with Gasteiger partial charge in [0.2, 0.25) is 0 Å². The molecule has 3 heteroatoms. The van der Waals surface area contributed by atoms with Crippen LogP contribution in [0.2, 0.25) is 0 Å². The van der Waals surface area contributed by atoms with E-state index in [1.165, 1.54) is 22.7 Å². The minimum absolute atomic E-state index is 0.580. The van der Waals surface area contributed by atoms with Crippen molar-refractivity contribution in [2.75, 3.05) is 0 Å². The second kappa shape index (κ2) is 3.90. The fourth-order valence-electron chi connectivity index (χ4n) is 0.968. The monoisotopic (exact) mass is 209 g/mol. The van der Waals surface area contributed by atoms with Gasteiger partial charge in [-0.2, -0.15) is 0 Å². The summed E-state index contributed by atoms with van der Waals surface area (Å²) in [7, 11) is 0. The SMILES string of the molecule is ClCc1cnsc1.c1cc2cc-2c1. The predicted octanol–water partition coefficient (Wildman–Crippen LogP) is 3.55. The van der Waals surface area contributed by atoms with Crippen molar-refractivity contribution in [3.63, 3.8) is 0 Å². The van der Waals surface area contributed by atoms with Gasteiger partial charge in [0.15, 0.2) is 0 Å². The van der Waals surface area contributed by atoms with Crippen molar-refractivity contribution >= 4 is 23.1 Å². The molecule has 0 radical (unpaired) electrons. The van der Waals surface area contributed by atoms with Crippen molar-refractivity contribution < 1.29 is 0 Å². The van der Waals surface area contributed by atoms with Crippen LogP contribution in [-0.2, 0) is 5.88 Å². The van der Waals surface area contributed by atoms with Gasteiger partial charge in [-0.25, -0.2) is 4.37 Å². The average Bonchev–Trinajstić information content (AvgIpc) is 2.65. The largest absolute Gasteiger partial charge is 0.201 e. The molecule has 0 spiro atoms. The summed E-state index contributed by atoms with van der Waals surface area (Å²) in [5.74, 6) is 0.580. The molecule has 1 nitrogen and oxygen atoms in total. The number of aromatic nitrogens is 1. The summed E-state index contributed by atoms with van der Waals surface area (Å²) in [6.07, 6.45) is 1.78. The molecule has 0 amide bonds. The van der Waals surface area contributed by atoms with Crippen molar-refractivity contribution in [1.29, 1.82) is 0 Å². The predicted molar refractivity (Wildman–Crippen MR) is 57.1 cm³/mol. The molecular weight excluding hydrogens is 202 g/mol. The maximum atomic E-state index is 5.43. The molecule has 1 heterocycles. The van der Waals surface area contributed by atoms with E-state index in [1.807, 2.05) is 5.38 Å². The van der Waals surface area contributed by atoms with E-state index in [1.54, 1.807) is 6.20 Å². The van der Waals surface area contributed by atoms with Crippen molar-refractivity contribution in [2.24, 2.45) is 0 Å². The highest BCUT2D eigenvalue weighted by atomic mass is 35.5. The molecule has 2 aliphatic carbocycles. The summed E-state index contributed by atoms with van der Waals surface area (Å²) in [6.45, 7) is 0. The summed E-state index contributed by atoms with van der Waals surface area (Å²) in [4.78, 5) is 0. The first kappa shape index (κ1) is 8.73. The molecule has 1 aromatic rings. The van der Waals surface area contributed by atoms with Gasteiger partial charge in [-0.1, -0.05) is 18.2 Å². The number of halogens is 1. The maximum absolute atomic E-state index is 5.43. The van der Waals surface area contributed by atoms with Crippen LogP contribution in [0.4, 0.5) is 0 Å². The van der Waals surface area contributed by atoms with Crippen LogP contribution < -0.4 is 0 Å². The van der Waals surface area contributed by atoms with E-state index in [9.17, 15) is 0 Å². The van der Waals surface area contributed by atoms with E-state index in [0.29, 0.717) is 5.88 Å². The first-order chi connectivity index (χ1) is 6.40. The van der Waals surface area contributed by atoms with Gasteiger partial charge in [0.1, 0.15) is 0 Å². The number of alkyl halides is 1. The fraction of sp³-hybridized carbons (Fsp3) is 0.100. The zero-order valence-corrected chi connectivity index (χ0v) is 8.48. The lowest BCUT2D eigenvalue weighted by Crippen LogP contribution is -1.63. The molecule has 1 aromatic heterocycles. The smallest absolute Gasteiger partial charge is 0.0498 e. The molecule has 66 valence electrons. The Morgan fingerprint density at radius 2 is 2.08 bits per heavy atom. The van der Waals surface area contributed by atoms with Gasteiger partial charge in [-0.15, -0.1) is 11.6 Å². The van der Waals surface area contributed by atoms with E-state index in [-0.39, 0.29) is 0 Å². The number of fused-ring (bicyclic) bond motifs is 1.